The summed E-state index contributed by atoms with van der Waals surface area (Å²) in [5, 5.41) is 12.3. The average Bonchev–Trinajstić information content (AvgIpc) is 2.56. The average molecular weight is 344 g/mol. The minimum Gasteiger partial charge on any atom is -0.396 e. The van der Waals surface area contributed by atoms with E-state index in [4.69, 9.17) is 0 Å². The Bertz CT molecular complexity index is 511. The van der Waals surface area contributed by atoms with Gasteiger partial charge in [0.05, 0.1) is 0 Å². The Morgan fingerprint density at radius 3 is 2.43 bits per heavy atom. The fourth-order valence-corrected chi connectivity index (χ4v) is 3.23. The first-order valence-corrected chi connectivity index (χ1v) is 8.58. The van der Waals surface area contributed by atoms with E-state index in [2.05, 4.69) is 12.2 Å². The Labute approximate surface area is 139 Å². The van der Waals surface area contributed by atoms with E-state index in [1.807, 2.05) is 0 Å². The van der Waals surface area contributed by atoms with Crippen LogP contribution in [-0.4, -0.2) is 41.5 Å². The third-order valence-corrected chi connectivity index (χ3v) is 5.25. The number of urea groups is 1. The van der Waals surface area contributed by atoms with E-state index in [9.17, 15) is 18.7 Å². The summed E-state index contributed by atoms with van der Waals surface area (Å²) in [6.45, 7) is 3.44. The number of alkyl halides is 2. The molecule has 1 heterocycles. The summed E-state index contributed by atoms with van der Waals surface area (Å²) in [6, 6.07) is 6.18. The largest absolute Gasteiger partial charge is 0.396 e. The smallest absolute Gasteiger partial charge is 0.321 e. The van der Waals surface area contributed by atoms with Crippen molar-refractivity contribution in [3.05, 3.63) is 24.3 Å². The molecule has 2 rings (SSSR count). The lowest BCUT2D eigenvalue weighted by molar-refractivity contribution is 0.0542. The molecule has 1 aromatic rings. The molecule has 128 valence electrons. The molecule has 0 saturated carbocycles. The van der Waals surface area contributed by atoms with Gasteiger partial charge in [-0.1, -0.05) is 18.7 Å². The number of nitrogens with one attached hydrogen (secondary N) is 1. The van der Waals surface area contributed by atoms with Crippen LogP contribution in [0.15, 0.2) is 29.2 Å². The molecule has 23 heavy (non-hydrogen) atoms. The Morgan fingerprint density at radius 1 is 1.35 bits per heavy atom. The SMILES string of the molecule is CCC1(CO)CCN(C(=O)Nc2ccc(SC(F)F)cc2)CC1. The number of aliphatic hydroxyl groups excluding tert-OH is 1. The van der Waals surface area contributed by atoms with Crippen LogP contribution in [0.4, 0.5) is 19.3 Å². The van der Waals surface area contributed by atoms with Crippen molar-refractivity contribution in [1.82, 2.24) is 4.90 Å². The Hall–Kier alpha value is -1.34. The molecule has 2 amide bonds. The number of nitrogens with zero attached hydrogens (tertiary/aromatic N) is 1. The predicted molar refractivity (Wildman–Crippen MR) is 87.9 cm³/mol. The number of benzene rings is 1. The number of amides is 2. The summed E-state index contributed by atoms with van der Waals surface area (Å²) in [6.07, 6.45) is 2.48. The van der Waals surface area contributed by atoms with E-state index < -0.39 is 5.76 Å². The fourth-order valence-electron chi connectivity index (χ4n) is 2.73. The zero-order valence-corrected chi connectivity index (χ0v) is 13.9. The number of aliphatic hydroxyl groups is 1. The van der Waals surface area contributed by atoms with Crippen LogP contribution in [0.5, 0.6) is 0 Å². The van der Waals surface area contributed by atoms with Gasteiger partial charge in [0.15, 0.2) is 0 Å². The normalized spacial score (nSPS) is 17.3. The van der Waals surface area contributed by atoms with E-state index in [-0.39, 0.29) is 18.1 Å². The number of likely N-dealkylation sites (tertiary alicyclic amines) is 1. The second-order valence-corrected chi connectivity index (χ2v) is 6.90. The Morgan fingerprint density at radius 2 is 1.96 bits per heavy atom. The summed E-state index contributed by atoms with van der Waals surface area (Å²) in [7, 11) is 0. The number of piperidine rings is 1. The van der Waals surface area contributed by atoms with Crippen molar-refractivity contribution in [2.45, 2.75) is 36.8 Å². The van der Waals surface area contributed by atoms with E-state index in [1.165, 1.54) is 0 Å². The number of halogens is 2. The van der Waals surface area contributed by atoms with Crippen molar-refractivity contribution >= 4 is 23.5 Å². The van der Waals surface area contributed by atoms with Gasteiger partial charge in [0.1, 0.15) is 0 Å². The van der Waals surface area contributed by atoms with Crippen LogP contribution >= 0.6 is 11.8 Å². The second-order valence-electron chi connectivity index (χ2n) is 5.83. The quantitative estimate of drug-likeness (QED) is 0.793. The first kappa shape index (κ1) is 18.0. The molecule has 1 aliphatic heterocycles. The molecule has 0 unspecified atom stereocenters. The molecule has 1 saturated heterocycles. The summed E-state index contributed by atoms with van der Waals surface area (Å²) < 4.78 is 24.5. The van der Waals surface area contributed by atoms with Crippen molar-refractivity contribution in [2.75, 3.05) is 25.0 Å². The van der Waals surface area contributed by atoms with Crippen molar-refractivity contribution < 1.29 is 18.7 Å². The van der Waals surface area contributed by atoms with Crippen LogP contribution in [0.25, 0.3) is 0 Å². The highest BCUT2D eigenvalue weighted by Gasteiger charge is 2.33. The van der Waals surface area contributed by atoms with Crippen LogP contribution in [0.2, 0.25) is 0 Å². The molecule has 0 atom stereocenters. The third-order valence-electron chi connectivity index (χ3n) is 4.53. The molecule has 1 aromatic carbocycles. The summed E-state index contributed by atoms with van der Waals surface area (Å²) >= 11 is 0.479. The van der Waals surface area contributed by atoms with Gasteiger partial charge in [-0.05, 0) is 48.9 Å². The highest BCUT2D eigenvalue weighted by molar-refractivity contribution is 7.99. The zero-order valence-electron chi connectivity index (χ0n) is 13.1. The van der Waals surface area contributed by atoms with Crippen LogP contribution < -0.4 is 5.32 Å². The number of rotatable bonds is 5. The molecule has 2 N–H and O–H groups in total. The van der Waals surface area contributed by atoms with Gasteiger partial charge in [-0.15, -0.1) is 0 Å². The van der Waals surface area contributed by atoms with E-state index in [0.29, 0.717) is 35.4 Å². The molecular weight excluding hydrogens is 322 g/mol. The van der Waals surface area contributed by atoms with Crippen molar-refractivity contribution in [1.29, 1.82) is 0 Å². The molecule has 0 radical (unpaired) electrons. The van der Waals surface area contributed by atoms with Gasteiger partial charge < -0.3 is 15.3 Å². The number of hydrogen-bond donors (Lipinski definition) is 2. The van der Waals surface area contributed by atoms with Crippen LogP contribution in [0.1, 0.15) is 26.2 Å². The third kappa shape index (κ3) is 4.81. The number of carbonyl (C=O) groups is 1. The number of carbonyl (C=O) groups excluding carboxylic acids is 1. The molecule has 1 fully saturated rings. The minimum atomic E-state index is -2.45. The van der Waals surface area contributed by atoms with Gasteiger partial charge >= 0.3 is 6.03 Å². The number of thioether (sulfide) groups is 1. The van der Waals surface area contributed by atoms with Crippen LogP contribution in [0.3, 0.4) is 0 Å². The first-order chi connectivity index (χ1) is 11.0. The van der Waals surface area contributed by atoms with Crippen LogP contribution in [-0.2, 0) is 0 Å². The lowest BCUT2D eigenvalue weighted by Gasteiger charge is -2.40. The van der Waals surface area contributed by atoms with Gasteiger partial charge in [0, 0.05) is 30.3 Å². The summed E-state index contributed by atoms with van der Waals surface area (Å²) in [4.78, 5) is 14.4. The van der Waals surface area contributed by atoms with Crippen LogP contribution in [0, 0.1) is 5.41 Å². The monoisotopic (exact) mass is 344 g/mol. The van der Waals surface area contributed by atoms with Gasteiger partial charge in [-0.25, -0.2) is 4.79 Å². The van der Waals surface area contributed by atoms with E-state index >= 15 is 0 Å². The van der Waals surface area contributed by atoms with Crippen molar-refractivity contribution in [3.63, 3.8) is 0 Å². The maximum atomic E-state index is 12.3. The van der Waals surface area contributed by atoms with Crippen molar-refractivity contribution in [2.24, 2.45) is 5.41 Å². The molecule has 0 spiro atoms. The number of hydrogen-bond acceptors (Lipinski definition) is 3. The predicted octanol–water partition coefficient (Wildman–Crippen LogP) is 4.02. The fraction of sp³-hybridized carbons (Fsp3) is 0.562. The lowest BCUT2D eigenvalue weighted by atomic mass is 9.77. The zero-order chi connectivity index (χ0) is 16.9. The lowest BCUT2D eigenvalue weighted by Crippen LogP contribution is -2.46. The van der Waals surface area contributed by atoms with Gasteiger partial charge in [-0.3, -0.25) is 0 Å². The minimum absolute atomic E-state index is 0.0646. The molecular formula is C16H22F2N2O2S. The van der Waals surface area contributed by atoms with Gasteiger partial charge in [-0.2, -0.15) is 8.78 Å². The first-order valence-electron chi connectivity index (χ1n) is 7.70. The molecule has 0 aromatic heterocycles. The molecule has 0 aliphatic carbocycles. The van der Waals surface area contributed by atoms with Gasteiger partial charge in [0.2, 0.25) is 0 Å². The van der Waals surface area contributed by atoms with Crippen molar-refractivity contribution in [3.8, 4) is 0 Å². The molecule has 1 aliphatic rings. The number of anilines is 1. The summed E-state index contributed by atoms with van der Waals surface area (Å²) in [5.41, 5.74) is 0.522. The summed E-state index contributed by atoms with van der Waals surface area (Å²) in [5.74, 6) is -2.45. The molecule has 0 bridgehead atoms. The maximum Gasteiger partial charge on any atom is 0.321 e. The second kappa shape index (κ2) is 7.97. The van der Waals surface area contributed by atoms with E-state index in [0.717, 1.165) is 19.3 Å². The highest BCUT2D eigenvalue weighted by atomic mass is 32.2. The highest BCUT2D eigenvalue weighted by Crippen LogP contribution is 2.34. The topological polar surface area (TPSA) is 52.6 Å². The standard InChI is InChI=1S/C16H22F2N2O2S/c1-2-16(11-21)7-9-20(10-8-16)15(22)19-12-3-5-13(6-4-12)23-14(17)18/h3-6,14,21H,2,7-11H2,1H3,(H,19,22). The van der Waals surface area contributed by atoms with E-state index in [1.54, 1.807) is 29.2 Å². The molecule has 7 heteroatoms. The maximum absolute atomic E-state index is 12.3. The Balaban J connectivity index is 1.88. The Kier molecular flexibility index (Phi) is 6.24. The van der Waals surface area contributed by atoms with Gasteiger partial charge in [0.25, 0.3) is 5.76 Å². The molecule has 4 nitrogen and oxygen atoms in total.